The van der Waals surface area contributed by atoms with Gasteiger partial charge in [-0.15, -0.1) is 0 Å². The highest BCUT2D eigenvalue weighted by atomic mass is 32.2. The molecule has 3 unspecified atom stereocenters. The predicted octanol–water partition coefficient (Wildman–Crippen LogP) is 5.46. The van der Waals surface area contributed by atoms with Crippen LogP contribution in [0.1, 0.15) is 54.3 Å². The molecule has 6 rings (SSSR count). The van der Waals surface area contributed by atoms with Crippen molar-refractivity contribution in [1.29, 1.82) is 0 Å². The van der Waals surface area contributed by atoms with Crippen molar-refractivity contribution in [3.63, 3.8) is 0 Å². The summed E-state index contributed by atoms with van der Waals surface area (Å²) in [6.45, 7) is -0.393. The van der Waals surface area contributed by atoms with Crippen molar-refractivity contribution in [3.05, 3.63) is 59.5 Å². The second-order valence-electron chi connectivity index (χ2n) is 9.95. The molecule has 2 fully saturated rings. The molecule has 38 heavy (non-hydrogen) atoms. The van der Waals surface area contributed by atoms with E-state index in [1.165, 1.54) is 6.07 Å². The average molecular weight is 555 g/mol. The number of aromatic amines is 1. The molecule has 0 spiro atoms. The maximum atomic E-state index is 13.6. The molecule has 0 saturated carbocycles. The first kappa shape index (κ1) is 25.3. The molecule has 4 heterocycles. The number of imidazole rings is 1. The van der Waals surface area contributed by atoms with Gasteiger partial charge in [0.2, 0.25) is 0 Å². The van der Waals surface area contributed by atoms with E-state index >= 15 is 0 Å². The number of H-pyrrole nitrogens is 1. The molecule has 2 bridgehead atoms. The van der Waals surface area contributed by atoms with Crippen molar-refractivity contribution >= 4 is 10.1 Å². The van der Waals surface area contributed by atoms with Crippen molar-refractivity contribution in [2.45, 2.75) is 48.8 Å². The average Bonchev–Trinajstić information content (AvgIpc) is 3.62. The first-order valence-electron chi connectivity index (χ1n) is 12.0. The van der Waals surface area contributed by atoms with Crippen LogP contribution in [0, 0.1) is 0 Å². The SMILES string of the molecule is CN1C2CCC1c1c(-c3ccc(-c4cnc(C5CC(F)(F)CN5)[nH]4)cc3)ccc(OS(=O)(=O)C(F)(F)F)c12. The standard InChI is InChI=1S/C25H23F5N4O3S/c1-34-18-7-8-19(34)22-20(37-38(35,36)25(28,29)30)9-6-15(21(18)22)13-2-4-14(5-3-13)17-11-31-23(33-17)16-10-24(26,27)12-32-16/h2-6,9,11,16,18-19,32H,7-8,10,12H2,1H3,(H,31,33). The minimum atomic E-state index is -5.81. The van der Waals surface area contributed by atoms with Crippen molar-refractivity contribution in [3.8, 4) is 28.1 Å². The molecule has 2 saturated heterocycles. The zero-order valence-corrected chi connectivity index (χ0v) is 20.8. The molecular weight excluding hydrogens is 531 g/mol. The van der Waals surface area contributed by atoms with Crippen LogP contribution in [-0.2, 0) is 10.1 Å². The van der Waals surface area contributed by atoms with E-state index in [1.54, 1.807) is 12.3 Å². The van der Waals surface area contributed by atoms with Crippen LogP contribution in [0.2, 0.25) is 0 Å². The van der Waals surface area contributed by atoms with Gasteiger partial charge >= 0.3 is 15.6 Å². The molecule has 7 nitrogen and oxygen atoms in total. The lowest BCUT2D eigenvalue weighted by Gasteiger charge is -2.21. The van der Waals surface area contributed by atoms with E-state index in [1.807, 2.05) is 36.2 Å². The third-order valence-corrected chi connectivity index (χ3v) is 8.60. The molecule has 0 radical (unpaired) electrons. The highest BCUT2D eigenvalue weighted by molar-refractivity contribution is 7.88. The highest BCUT2D eigenvalue weighted by Gasteiger charge is 2.51. The second-order valence-corrected chi connectivity index (χ2v) is 11.5. The van der Waals surface area contributed by atoms with Gasteiger partial charge < -0.3 is 14.5 Å². The number of rotatable bonds is 5. The fourth-order valence-corrected chi connectivity index (χ4v) is 6.32. The van der Waals surface area contributed by atoms with Crippen molar-refractivity contribution < 1.29 is 34.6 Å². The summed E-state index contributed by atoms with van der Waals surface area (Å²) in [7, 11) is -3.94. The lowest BCUT2D eigenvalue weighted by molar-refractivity contribution is -0.0500. The third kappa shape index (κ3) is 4.07. The number of nitrogens with one attached hydrogen (secondary N) is 2. The van der Waals surface area contributed by atoms with Crippen LogP contribution in [0.4, 0.5) is 22.0 Å². The number of fused-ring (bicyclic) bond motifs is 5. The van der Waals surface area contributed by atoms with E-state index in [2.05, 4.69) is 19.5 Å². The number of benzene rings is 2. The van der Waals surface area contributed by atoms with Gasteiger partial charge in [0.15, 0.2) is 0 Å². The first-order chi connectivity index (χ1) is 17.8. The van der Waals surface area contributed by atoms with E-state index in [4.69, 9.17) is 0 Å². The van der Waals surface area contributed by atoms with Gasteiger partial charge in [-0.3, -0.25) is 4.90 Å². The number of aromatic nitrogens is 2. The topological polar surface area (TPSA) is 87.3 Å². The Hall–Kier alpha value is -3.03. The quantitative estimate of drug-likeness (QED) is 0.247. The smallest absolute Gasteiger partial charge is 0.376 e. The Bertz CT molecular complexity index is 1500. The zero-order valence-electron chi connectivity index (χ0n) is 20.0. The summed E-state index contributed by atoms with van der Waals surface area (Å²) in [5.74, 6) is -2.64. The molecule has 202 valence electrons. The van der Waals surface area contributed by atoms with Gasteiger partial charge in [0.1, 0.15) is 11.6 Å². The number of halogens is 5. The summed E-state index contributed by atoms with van der Waals surface area (Å²) in [6, 6.07) is 9.38. The lowest BCUT2D eigenvalue weighted by Crippen LogP contribution is -2.28. The van der Waals surface area contributed by atoms with Crippen molar-refractivity contribution in [2.75, 3.05) is 13.6 Å². The summed E-state index contributed by atoms with van der Waals surface area (Å²) in [6.07, 6.45) is 2.73. The number of hydrogen-bond donors (Lipinski definition) is 2. The minimum absolute atomic E-state index is 0.0750. The Labute approximate surface area is 215 Å². The highest BCUT2D eigenvalue weighted by Crippen LogP contribution is 2.58. The Morgan fingerprint density at radius 1 is 1.03 bits per heavy atom. The number of nitrogens with zero attached hydrogens (tertiary/aromatic N) is 2. The molecule has 0 aliphatic carbocycles. The molecule has 3 aliphatic heterocycles. The minimum Gasteiger partial charge on any atom is -0.376 e. The summed E-state index contributed by atoms with van der Waals surface area (Å²) < 4.78 is 94.2. The van der Waals surface area contributed by atoms with Gasteiger partial charge in [-0.05, 0) is 48.2 Å². The summed E-state index contributed by atoms with van der Waals surface area (Å²) >= 11 is 0. The van der Waals surface area contributed by atoms with Crippen molar-refractivity contribution in [2.24, 2.45) is 0 Å². The van der Waals surface area contributed by atoms with Gasteiger partial charge in [-0.25, -0.2) is 13.8 Å². The molecule has 0 amide bonds. The largest absolute Gasteiger partial charge is 0.534 e. The van der Waals surface area contributed by atoms with Crippen LogP contribution in [0.15, 0.2) is 42.6 Å². The third-order valence-electron chi connectivity index (χ3n) is 7.64. The van der Waals surface area contributed by atoms with Crippen LogP contribution >= 0.6 is 0 Å². The molecule has 1 aromatic heterocycles. The van der Waals surface area contributed by atoms with Crippen LogP contribution in [-0.4, -0.2) is 48.3 Å². The van der Waals surface area contributed by atoms with Crippen LogP contribution < -0.4 is 9.50 Å². The Morgan fingerprint density at radius 3 is 2.32 bits per heavy atom. The van der Waals surface area contributed by atoms with Gasteiger partial charge in [-0.1, -0.05) is 30.3 Å². The first-order valence-corrected chi connectivity index (χ1v) is 13.4. The maximum absolute atomic E-state index is 13.6. The van der Waals surface area contributed by atoms with E-state index in [0.717, 1.165) is 28.7 Å². The molecule has 3 atom stereocenters. The Balaban J connectivity index is 1.32. The fourth-order valence-electron chi connectivity index (χ4n) is 5.84. The Morgan fingerprint density at radius 2 is 1.68 bits per heavy atom. The monoisotopic (exact) mass is 554 g/mol. The van der Waals surface area contributed by atoms with Crippen molar-refractivity contribution in [1.82, 2.24) is 20.2 Å². The van der Waals surface area contributed by atoms with Gasteiger partial charge in [0.05, 0.1) is 24.5 Å². The molecule has 3 aliphatic rings. The van der Waals surface area contributed by atoms with Gasteiger partial charge in [0.25, 0.3) is 5.92 Å². The molecule has 13 heteroatoms. The van der Waals surface area contributed by atoms with Gasteiger partial charge in [0, 0.05) is 24.1 Å². The predicted molar refractivity (Wildman–Crippen MR) is 128 cm³/mol. The summed E-state index contributed by atoms with van der Waals surface area (Å²) in [4.78, 5) is 9.39. The summed E-state index contributed by atoms with van der Waals surface area (Å²) in [5, 5.41) is 2.77. The molecule has 2 N–H and O–H groups in total. The Kier molecular flexibility index (Phi) is 5.64. The number of hydrogen-bond acceptors (Lipinski definition) is 6. The van der Waals surface area contributed by atoms with E-state index < -0.39 is 34.1 Å². The van der Waals surface area contributed by atoms with Crippen LogP contribution in [0.25, 0.3) is 22.4 Å². The fraction of sp³-hybridized carbons (Fsp3) is 0.400. The van der Waals surface area contributed by atoms with E-state index in [9.17, 15) is 30.4 Å². The van der Waals surface area contributed by atoms with E-state index in [-0.39, 0.29) is 24.3 Å². The molecule has 2 aromatic carbocycles. The molecular formula is C25H23F5N4O3S. The zero-order chi connectivity index (χ0) is 27.0. The van der Waals surface area contributed by atoms with Crippen LogP contribution in [0.3, 0.4) is 0 Å². The van der Waals surface area contributed by atoms with Gasteiger partial charge in [-0.2, -0.15) is 21.6 Å². The lowest BCUT2D eigenvalue weighted by atomic mass is 9.85. The maximum Gasteiger partial charge on any atom is 0.534 e. The summed E-state index contributed by atoms with van der Waals surface area (Å²) in [5.41, 5.74) is -1.27. The molecule has 3 aromatic rings. The normalized spacial score (nSPS) is 24.6. The number of alkyl halides is 5. The second kappa shape index (κ2) is 8.48. The van der Waals surface area contributed by atoms with Crippen LogP contribution in [0.5, 0.6) is 5.75 Å². The van der Waals surface area contributed by atoms with E-state index in [0.29, 0.717) is 23.5 Å².